The fraction of sp³-hybridized carbons (Fsp3) is 1.00. The molecule has 66 valence electrons. The van der Waals surface area contributed by atoms with Gasteiger partial charge in [0.25, 0.3) is 0 Å². The van der Waals surface area contributed by atoms with Crippen LogP contribution in [0.5, 0.6) is 0 Å². The Morgan fingerprint density at radius 2 is 2.00 bits per heavy atom. The zero-order chi connectivity index (χ0) is 8.32. The normalized spacial score (nSPS) is 21.8. The molecule has 1 aliphatic rings. The van der Waals surface area contributed by atoms with Gasteiger partial charge in [0.15, 0.2) is 0 Å². The lowest BCUT2D eigenvalue weighted by atomic mass is 9.68. The SMILES string of the molecule is CCN(C)CCC1(C)CCC1. The predicted molar refractivity (Wildman–Crippen MR) is 49.7 cm³/mol. The van der Waals surface area contributed by atoms with Crippen LogP contribution in [0.3, 0.4) is 0 Å². The van der Waals surface area contributed by atoms with Gasteiger partial charge in [-0.1, -0.05) is 20.3 Å². The van der Waals surface area contributed by atoms with Crippen molar-refractivity contribution in [3.8, 4) is 0 Å². The van der Waals surface area contributed by atoms with Gasteiger partial charge in [0.1, 0.15) is 0 Å². The lowest BCUT2D eigenvalue weighted by molar-refractivity contribution is 0.127. The fourth-order valence-corrected chi connectivity index (χ4v) is 1.65. The van der Waals surface area contributed by atoms with Crippen LogP contribution in [0, 0.1) is 5.41 Å². The summed E-state index contributed by atoms with van der Waals surface area (Å²) in [5.74, 6) is 0. The molecule has 0 amide bonds. The zero-order valence-corrected chi connectivity index (χ0v) is 8.19. The van der Waals surface area contributed by atoms with Crippen molar-refractivity contribution < 1.29 is 0 Å². The molecule has 0 aromatic heterocycles. The van der Waals surface area contributed by atoms with E-state index < -0.39 is 0 Å². The molecule has 0 unspecified atom stereocenters. The van der Waals surface area contributed by atoms with Crippen molar-refractivity contribution in [3.05, 3.63) is 0 Å². The van der Waals surface area contributed by atoms with E-state index in [9.17, 15) is 0 Å². The summed E-state index contributed by atoms with van der Waals surface area (Å²) in [5, 5.41) is 0. The van der Waals surface area contributed by atoms with Crippen molar-refractivity contribution in [2.75, 3.05) is 20.1 Å². The van der Waals surface area contributed by atoms with E-state index in [1.165, 1.54) is 38.8 Å². The highest BCUT2D eigenvalue weighted by Crippen LogP contribution is 2.43. The first-order chi connectivity index (χ1) is 5.16. The number of hydrogen-bond acceptors (Lipinski definition) is 1. The van der Waals surface area contributed by atoms with Crippen LogP contribution in [0.1, 0.15) is 39.5 Å². The Balaban J connectivity index is 2.11. The molecule has 0 N–H and O–H groups in total. The molecule has 0 saturated heterocycles. The average Bonchev–Trinajstić information content (AvgIpc) is 1.96. The van der Waals surface area contributed by atoms with Gasteiger partial charge in [-0.3, -0.25) is 0 Å². The van der Waals surface area contributed by atoms with Crippen molar-refractivity contribution in [1.82, 2.24) is 4.90 Å². The minimum atomic E-state index is 0.712. The molecule has 0 aromatic rings. The highest BCUT2D eigenvalue weighted by molar-refractivity contribution is 4.83. The van der Waals surface area contributed by atoms with Crippen LogP contribution in [0.15, 0.2) is 0 Å². The first kappa shape index (κ1) is 9.05. The van der Waals surface area contributed by atoms with E-state index in [0.29, 0.717) is 5.41 Å². The van der Waals surface area contributed by atoms with Crippen molar-refractivity contribution >= 4 is 0 Å². The summed E-state index contributed by atoms with van der Waals surface area (Å²) < 4.78 is 0. The molecule has 0 aromatic carbocycles. The molecule has 0 spiro atoms. The van der Waals surface area contributed by atoms with Crippen molar-refractivity contribution in [3.63, 3.8) is 0 Å². The number of rotatable bonds is 4. The first-order valence-corrected chi connectivity index (χ1v) is 4.85. The summed E-state index contributed by atoms with van der Waals surface area (Å²) in [6, 6.07) is 0. The third-order valence-corrected chi connectivity index (χ3v) is 3.20. The van der Waals surface area contributed by atoms with E-state index in [1.807, 2.05) is 0 Å². The molecule has 1 rings (SSSR count). The molecule has 1 aliphatic carbocycles. The zero-order valence-electron chi connectivity index (χ0n) is 8.19. The Hall–Kier alpha value is -0.0400. The van der Waals surface area contributed by atoms with Crippen molar-refractivity contribution in [2.24, 2.45) is 5.41 Å². The first-order valence-electron chi connectivity index (χ1n) is 4.85. The maximum absolute atomic E-state index is 2.43. The summed E-state index contributed by atoms with van der Waals surface area (Å²) in [6.45, 7) is 7.13. The van der Waals surface area contributed by atoms with Gasteiger partial charge in [0.2, 0.25) is 0 Å². The topological polar surface area (TPSA) is 3.24 Å². The predicted octanol–water partition coefficient (Wildman–Crippen LogP) is 2.52. The average molecular weight is 155 g/mol. The van der Waals surface area contributed by atoms with Gasteiger partial charge in [-0.15, -0.1) is 0 Å². The monoisotopic (exact) mass is 155 g/mol. The summed E-state index contributed by atoms with van der Waals surface area (Å²) in [4.78, 5) is 2.41. The van der Waals surface area contributed by atoms with E-state index in [2.05, 4.69) is 25.8 Å². The Morgan fingerprint density at radius 1 is 1.36 bits per heavy atom. The molecule has 11 heavy (non-hydrogen) atoms. The Morgan fingerprint density at radius 3 is 2.36 bits per heavy atom. The molecule has 1 heteroatoms. The van der Waals surface area contributed by atoms with Gasteiger partial charge in [-0.25, -0.2) is 0 Å². The van der Waals surface area contributed by atoms with E-state index in [0.717, 1.165) is 0 Å². The maximum atomic E-state index is 2.43. The summed E-state index contributed by atoms with van der Waals surface area (Å²) in [5.41, 5.74) is 0.712. The van der Waals surface area contributed by atoms with E-state index in [-0.39, 0.29) is 0 Å². The van der Waals surface area contributed by atoms with Gasteiger partial charge in [-0.05, 0) is 44.8 Å². The minimum absolute atomic E-state index is 0.712. The fourth-order valence-electron chi connectivity index (χ4n) is 1.65. The highest BCUT2D eigenvalue weighted by Gasteiger charge is 2.30. The summed E-state index contributed by atoms with van der Waals surface area (Å²) in [6.07, 6.45) is 5.79. The third-order valence-electron chi connectivity index (χ3n) is 3.20. The van der Waals surface area contributed by atoms with Crippen LogP contribution in [-0.4, -0.2) is 25.0 Å². The van der Waals surface area contributed by atoms with Gasteiger partial charge in [0.05, 0.1) is 0 Å². The minimum Gasteiger partial charge on any atom is -0.307 e. The van der Waals surface area contributed by atoms with E-state index in [4.69, 9.17) is 0 Å². The maximum Gasteiger partial charge on any atom is -0.00167 e. The second-order valence-electron chi connectivity index (χ2n) is 4.31. The second-order valence-corrected chi connectivity index (χ2v) is 4.31. The second kappa shape index (κ2) is 3.57. The van der Waals surface area contributed by atoms with Crippen LogP contribution in [0.25, 0.3) is 0 Å². The van der Waals surface area contributed by atoms with Gasteiger partial charge < -0.3 is 4.90 Å². The molecular formula is C10H21N. The quantitative estimate of drug-likeness (QED) is 0.603. The van der Waals surface area contributed by atoms with Crippen LogP contribution in [-0.2, 0) is 0 Å². The van der Waals surface area contributed by atoms with E-state index in [1.54, 1.807) is 0 Å². The Bertz CT molecular complexity index is 116. The Kier molecular flexibility index (Phi) is 2.94. The van der Waals surface area contributed by atoms with Gasteiger partial charge in [-0.2, -0.15) is 0 Å². The van der Waals surface area contributed by atoms with Gasteiger partial charge >= 0.3 is 0 Å². The molecule has 0 bridgehead atoms. The van der Waals surface area contributed by atoms with Crippen LogP contribution in [0.2, 0.25) is 0 Å². The molecule has 0 atom stereocenters. The molecule has 0 heterocycles. The number of hydrogen-bond donors (Lipinski definition) is 0. The molecular weight excluding hydrogens is 134 g/mol. The molecule has 1 saturated carbocycles. The lowest BCUT2D eigenvalue weighted by Crippen LogP contribution is -2.31. The number of nitrogens with zero attached hydrogens (tertiary/aromatic N) is 1. The highest BCUT2D eigenvalue weighted by atomic mass is 15.1. The lowest BCUT2D eigenvalue weighted by Gasteiger charge is -2.39. The molecule has 1 nitrogen and oxygen atoms in total. The van der Waals surface area contributed by atoms with E-state index >= 15 is 0 Å². The van der Waals surface area contributed by atoms with Crippen molar-refractivity contribution in [2.45, 2.75) is 39.5 Å². The van der Waals surface area contributed by atoms with Crippen molar-refractivity contribution in [1.29, 1.82) is 0 Å². The van der Waals surface area contributed by atoms with Crippen LogP contribution >= 0.6 is 0 Å². The molecule has 0 radical (unpaired) electrons. The largest absolute Gasteiger partial charge is 0.307 e. The molecule has 0 aliphatic heterocycles. The standard InChI is InChI=1S/C10H21N/c1-4-11(3)9-8-10(2)6-5-7-10/h4-9H2,1-3H3. The van der Waals surface area contributed by atoms with Crippen LogP contribution in [0.4, 0.5) is 0 Å². The Labute approximate surface area is 70.8 Å². The summed E-state index contributed by atoms with van der Waals surface area (Å²) >= 11 is 0. The van der Waals surface area contributed by atoms with Crippen LogP contribution < -0.4 is 0 Å². The summed E-state index contributed by atoms with van der Waals surface area (Å²) in [7, 11) is 2.21. The third kappa shape index (κ3) is 2.48. The molecule has 1 fully saturated rings. The smallest absolute Gasteiger partial charge is 0.00167 e. The van der Waals surface area contributed by atoms with Gasteiger partial charge in [0, 0.05) is 0 Å².